The molecule has 2 fully saturated rings. The van der Waals surface area contributed by atoms with Gasteiger partial charge < -0.3 is 19.7 Å². The molecule has 1 aromatic rings. The maximum absolute atomic E-state index is 12.5. The molecule has 1 N–H and O–H groups in total. The lowest BCUT2D eigenvalue weighted by molar-refractivity contribution is -0.133. The first-order valence-corrected chi connectivity index (χ1v) is 11.0. The van der Waals surface area contributed by atoms with E-state index in [0.717, 1.165) is 70.4 Å². The zero-order chi connectivity index (χ0) is 20.6. The maximum Gasteiger partial charge on any atom is 0.236 e. The fraction of sp³-hybridized carbons (Fsp3) is 0.762. The summed E-state index contributed by atoms with van der Waals surface area (Å²) >= 11 is 0. The number of aromatic nitrogens is 2. The molecule has 0 radical (unpaired) electrons. The number of hydrogen-bond acceptors (Lipinski definition) is 4. The van der Waals surface area contributed by atoms with Crippen LogP contribution < -0.4 is 5.32 Å². The number of rotatable bonds is 6. The summed E-state index contributed by atoms with van der Waals surface area (Å²) in [4.78, 5) is 28.0. The van der Waals surface area contributed by atoms with Crippen molar-refractivity contribution >= 4 is 11.9 Å². The number of carbonyl (C=O) groups is 1. The average molecular weight is 404 g/mol. The Bertz CT molecular complexity index is 670. The van der Waals surface area contributed by atoms with Crippen molar-refractivity contribution in [2.45, 2.75) is 46.2 Å². The molecule has 3 rings (SSSR count). The molecular formula is C21H37N7O. The van der Waals surface area contributed by atoms with E-state index in [4.69, 9.17) is 0 Å². The molecule has 0 saturated carbocycles. The van der Waals surface area contributed by atoms with Gasteiger partial charge in [0.15, 0.2) is 5.96 Å². The molecule has 1 aromatic heterocycles. The van der Waals surface area contributed by atoms with Crippen LogP contribution >= 0.6 is 0 Å². The number of amides is 1. The first-order valence-electron chi connectivity index (χ1n) is 11.0. The van der Waals surface area contributed by atoms with Gasteiger partial charge in [0.1, 0.15) is 5.82 Å². The maximum atomic E-state index is 12.5. The number of piperazine rings is 1. The van der Waals surface area contributed by atoms with Gasteiger partial charge in [0.05, 0.1) is 13.1 Å². The number of hydrogen-bond donors (Lipinski definition) is 1. The molecule has 2 saturated heterocycles. The summed E-state index contributed by atoms with van der Waals surface area (Å²) in [5, 5.41) is 3.46. The second-order valence-corrected chi connectivity index (χ2v) is 8.50. The first-order chi connectivity index (χ1) is 14.1. The Hall–Kier alpha value is -2.09. The topological polar surface area (TPSA) is 69.0 Å². The zero-order valence-electron chi connectivity index (χ0n) is 18.3. The number of nitrogens with one attached hydrogen (secondary N) is 1. The molecule has 2 aliphatic rings. The Morgan fingerprint density at radius 1 is 1.10 bits per heavy atom. The highest BCUT2D eigenvalue weighted by atomic mass is 16.2. The molecule has 29 heavy (non-hydrogen) atoms. The minimum absolute atomic E-state index is 0.289. The van der Waals surface area contributed by atoms with Gasteiger partial charge in [-0.05, 0) is 25.2 Å². The van der Waals surface area contributed by atoms with Gasteiger partial charge in [0.2, 0.25) is 5.91 Å². The molecule has 0 aliphatic carbocycles. The molecule has 8 heteroatoms. The third kappa shape index (κ3) is 6.19. The summed E-state index contributed by atoms with van der Waals surface area (Å²) in [6.45, 7) is 12.0. The van der Waals surface area contributed by atoms with Crippen LogP contribution in [0.15, 0.2) is 17.4 Å². The van der Waals surface area contributed by atoms with Crippen LogP contribution in [0.3, 0.4) is 0 Å². The van der Waals surface area contributed by atoms with Crippen molar-refractivity contribution in [1.29, 1.82) is 0 Å². The minimum atomic E-state index is 0.289. The number of aliphatic imine (C=N–C) groups is 1. The summed E-state index contributed by atoms with van der Waals surface area (Å²) in [5.74, 6) is 2.82. The fourth-order valence-corrected chi connectivity index (χ4v) is 4.11. The molecule has 162 valence electrons. The van der Waals surface area contributed by atoms with E-state index in [2.05, 4.69) is 43.5 Å². The van der Waals surface area contributed by atoms with E-state index in [9.17, 15) is 4.79 Å². The largest absolute Gasteiger partial charge is 0.349 e. The number of piperidine rings is 1. The first kappa shape index (κ1) is 21.6. The van der Waals surface area contributed by atoms with Gasteiger partial charge in [0, 0.05) is 65.3 Å². The van der Waals surface area contributed by atoms with Crippen molar-refractivity contribution in [1.82, 2.24) is 29.6 Å². The van der Waals surface area contributed by atoms with Crippen molar-refractivity contribution in [2.24, 2.45) is 10.9 Å². The quantitative estimate of drug-likeness (QED) is 0.572. The lowest BCUT2D eigenvalue weighted by Crippen LogP contribution is -2.54. The molecule has 0 bridgehead atoms. The van der Waals surface area contributed by atoms with Crippen LogP contribution in [0.1, 0.15) is 38.9 Å². The molecule has 3 heterocycles. The van der Waals surface area contributed by atoms with Crippen LogP contribution in [0.4, 0.5) is 0 Å². The summed E-state index contributed by atoms with van der Waals surface area (Å²) in [5.41, 5.74) is 0. The number of carbonyl (C=O) groups excluding carboxylic acids is 1. The highest BCUT2D eigenvalue weighted by Crippen LogP contribution is 2.10. The number of guanidine groups is 1. The molecule has 0 spiro atoms. The average Bonchev–Trinajstić information content (AvgIpc) is 3.16. The van der Waals surface area contributed by atoms with E-state index < -0.39 is 0 Å². The van der Waals surface area contributed by atoms with Crippen molar-refractivity contribution < 1.29 is 4.79 Å². The number of imidazole rings is 1. The van der Waals surface area contributed by atoms with E-state index in [0.29, 0.717) is 19.0 Å². The van der Waals surface area contributed by atoms with Crippen LogP contribution in [0, 0.1) is 5.92 Å². The van der Waals surface area contributed by atoms with Crippen molar-refractivity contribution in [3.8, 4) is 0 Å². The van der Waals surface area contributed by atoms with Crippen molar-refractivity contribution in [3.05, 3.63) is 18.2 Å². The minimum Gasteiger partial charge on any atom is -0.349 e. The third-order valence-electron chi connectivity index (χ3n) is 5.72. The van der Waals surface area contributed by atoms with Crippen LogP contribution in [0.2, 0.25) is 0 Å². The highest BCUT2D eigenvalue weighted by molar-refractivity contribution is 5.80. The van der Waals surface area contributed by atoms with Crippen LogP contribution in [0.25, 0.3) is 0 Å². The molecule has 8 nitrogen and oxygen atoms in total. The third-order valence-corrected chi connectivity index (χ3v) is 5.72. The second-order valence-electron chi connectivity index (χ2n) is 8.50. The number of nitrogens with zero attached hydrogens (tertiary/aromatic N) is 6. The van der Waals surface area contributed by atoms with E-state index in [1.165, 1.54) is 6.42 Å². The monoisotopic (exact) mass is 403 g/mol. The second kappa shape index (κ2) is 10.6. The van der Waals surface area contributed by atoms with Crippen LogP contribution in [0.5, 0.6) is 0 Å². The summed E-state index contributed by atoms with van der Waals surface area (Å²) < 4.78 is 2.20. The Labute approximate surface area is 175 Å². The van der Waals surface area contributed by atoms with Crippen molar-refractivity contribution in [3.63, 3.8) is 0 Å². The van der Waals surface area contributed by atoms with Crippen molar-refractivity contribution in [2.75, 3.05) is 52.9 Å². The predicted molar refractivity (Wildman–Crippen MR) is 116 cm³/mol. The van der Waals surface area contributed by atoms with Gasteiger partial charge >= 0.3 is 0 Å². The molecular weight excluding hydrogens is 366 g/mol. The van der Waals surface area contributed by atoms with Gasteiger partial charge in [0.25, 0.3) is 0 Å². The number of likely N-dealkylation sites (tertiary alicyclic amines) is 1. The van der Waals surface area contributed by atoms with Crippen LogP contribution in [-0.2, 0) is 17.9 Å². The molecule has 1 amide bonds. The van der Waals surface area contributed by atoms with Gasteiger partial charge in [-0.2, -0.15) is 0 Å². The Morgan fingerprint density at radius 2 is 1.83 bits per heavy atom. The van der Waals surface area contributed by atoms with E-state index in [1.807, 2.05) is 24.3 Å². The molecule has 2 aliphatic heterocycles. The smallest absolute Gasteiger partial charge is 0.236 e. The normalized spacial score (nSPS) is 19.1. The Balaban J connectivity index is 1.44. The van der Waals surface area contributed by atoms with Gasteiger partial charge in [-0.15, -0.1) is 0 Å². The van der Waals surface area contributed by atoms with E-state index in [1.54, 1.807) is 0 Å². The predicted octanol–water partition coefficient (Wildman–Crippen LogP) is 1.24. The SMILES string of the molecule is CN=C(NCc1nccn1CC(C)C)N1CCN(CC(=O)N2CCCCC2)CC1. The lowest BCUT2D eigenvalue weighted by Gasteiger charge is -2.37. The van der Waals surface area contributed by atoms with Gasteiger partial charge in [-0.3, -0.25) is 14.7 Å². The van der Waals surface area contributed by atoms with E-state index >= 15 is 0 Å². The molecule has 0 atom stereocenters. The summed E-state index contributed by atoms with van der Waals surface area (Å²) in [6.07, 6.45) is 7.46. The summed E-state index contributed by atoms with van der Waals surface area (Å²) in [6, 6.07) is 0. The van der Waals surface area contributed by atoms with Gasteiger partial charge in [-0.1, -0.05) is 13.8 Å². The standard InChI is InChI=1S/C21H37N7O/c1-18(2)16-28-10-7-23-19(28)15-24-21(22-3)27-13-11-25(12-14-27)17-20(29)26-8-5-4-6-9-26/h7,10,18H,4-6,8-9,11-17H2,1-3H3,(H,22,24). The summed E-state index contributed by atoms with van der Waals surface area (Å²) in [7, 11) is 1.83. The Morgan fingerprint density at radius 3 is 2.48 bits per heavy atom. The fourth-order valence-electron chi connectivity index (χ4n) is 4.11. The highest BCUT2D eigenvalue weighted by Gasteiger charge is 2.24. The van der Waals surface area contributed by atoms with Crippen LogP contribution in [-0.4, -0.2) is 89.0 Å². The lowest BCUT2D eigenvalue weighted by atomic mass is 10.1. The zero-order valence-corrected chi connectivity index (χ0v) is 18.3. The molecule has 0 aromatic carbocycles. The molecule has 0 unspecified atom stereocenters. The Kier molecular flexibility index (Phi) is 7.91. The van der Waals surface area contributed by atoms with Gasteiger partial charge in [-0.25, -0.2) is 4.98 Å². The van der Waals surface area contributed by atoms with E-state index in [-0.39, 0.29) is 5.91 Å².